The van der Waals surface area contributed by atoms with Gasteiger partial charge in [0.05, 0.1) is 33.8 Å². The van der Waals surface area contributed by atoms with Crippen molar-refractivity contribution in [2.24, 2.45) is 0 Å². The minimum Gasteiger partial charge on any atom is -0.756 e. The molecule has 0 saturated carbocycles. The maximum absolute atomic E-state index is 13.5. The third-order valence-corrected chi connectivity index (χ3v) is 15.2. The highest BCUT2D eigenvalue weighted by atomic mass is 31.2. The van der Waals surface area contributed by atoms with E-state index in [4.69, 9.17) is 13.8 Å². The monoisotopic (exact) mass is 1150 g/mol. The summed E-state index contributed by atoms with van der Waals surface area (Å²) in [5.41, 5.74) is 0. The van der Waals surface area contributed by atoms with Crippen LogP contribution in [0.1, 0.15) is 278 Å². The van der Waals surface area contributed by atoms with Crippen LogP contribution in [0, 0.1) is 0 Å². The summed E-state index contributed by atoms with van der Waals surface area (Å²) < 4.78 is 30.3. The first-order valence-corrected chi connectivity index (χ1v) is 34.7. The molecule has 0 aromatic carbocycles. The summed E-state index contributed by atoms with van der Waals surface area (Å²) >= 11 is 0. The van der Waals surface area contributed by atoms with E-state index in [1.54, 1.807) is 0 Å². The van der Waals surface area contributed by atoms with E-state index in [0.717, 1.165) is 89.9 Å². The summed E-state index contributed by atoms with van der Waals surface area (Å²) in [5, 5.41) is 2.99. The van der Waals surface area contributed by atoms with E-state index in [-0.39, 0.29) is 31.3 Å². The Kier molecular flexibility index (Phi) is 57.4. The topological polar surface area (TPSA) is 114 Å². The SMILES string of the molecule is CC/C=C\C/C=C\C/C=C\C/C=C\C/C=C\CCCC(=O)NC(COP(=O)([O-])OCC[N+](C)(C)C)C(/C=C\CCCCCCCCCCC)OC(=O)CCCCCCCCCCCCCCCC/C=C\C/C=C\C/C=C\CCCCC. The predicted molar refractivity (Wildman–Crippen MR) is 348 cm³/mol. The van der Waals surface area contributed by atoms with E-state index in [0.29, 0.717) is 17.4 Å². The fourth-order valence-corrected chi connectivity index (χ4v) is 9.82. The van der Waals surface area contributed by atoms with Gasteiger partial charge in [-0.2, -0.15) is 0 Å². The molecule has 9 nitrogen and oxygen atoms in total. The first-order chi connectivity index (χ1) is 39.4. The summed E-state index contributed by atoms with van der Waals surface area (Å²) in [7, 11) is 1.14. The lowest BCUT2D eigenvalue weighted by Crippen LogP contribution is -2.47. The van der Waals surface area contributed by atoms with Crippen LogP contribution in [-0.2, 0) is 27.9 Å². The first kappa shape index (κ1) is 77.7. The van der Waals surface area contributed by atoms with Crippen LogP contribution >= 0.6 is 7.82 Å². The second kappa shape index (κ2) is 59.8. The number of phosphoric acid groups is 1. The van der Waals surface area contributed by atoms with Crippen LogP contribution < -0.4 is 10.2 Å². The van der Waals surface area contributed by atoms with Crippen molar-refractivity contribution in [1.82, 2.24) is 5.32 Å². The molecular weight excluding hydrogens is 1020 g/mol. The zero-order valence-electron chi connectivity index (χ0n) is 53.2. The molecular formula is C71H125N2O7P. The van der Waals surface area contributed by atoms with Gasteiger partial charge in [-0.15, -0.1) is 0 Å². The van der Waals surface area contributed by atoms with Gasteiger partial charge in [-0.05, 0) is 109 Å². The van der Waals surface area contributed by atoms with Gasteiger partial charge >= 0.3 is 5.97 Å². The Morgan fingerprint density at radius 1 is 0.444 bits per heavy atom. The first-order valence-electron chi connectivity index (χ1n) is 33.2. The number of unbranched alkanes of at least 4 members (excludes halogenated alkanes) is 27. The molecule has 0 aliphatic rings. The van der Waals surface area contributed by atoms with Crippen molar-refractivity contribution in [2.75, 3.05) is 40.9 Å². The number of esters is 1. The average molecular weight is 1150 g/mol. The maximum atomic E-state index is 13.5. The Morgan fingerprint density at radius 2 is 0.802 bits per heavy atom. The third kappa shape index (κ3) is 61.1. The average Bonchev–Trinajstić information content (AvgIpc) is 3.44. The molecule has 0 bridgehead atoms. The number of allylic oxidation sites excluding steroid dienone is 17. The Bertz CT molecular complexity index is 1750. The number of carbonyl (C=O) groups is 2. The molecule has 0 fully saturated rings. The molecule has 0 spiro atoms. The molecule has 81 heavy (non-hydrogen) atoms. The molecule has 0 rings (SSSR count). The molecule has 0 aliphatic carbocycles. The van der Waals surface area contributed by atoms with E-state index in [2.05, 4.69) is 123 Å². The molecule has 10 heteroatoms. The van der Waals surface area contributed by atoms with Crippen LogP contribution in [-0.4, -0.2) is 69.4 Å². The minimum atomic E-state index is -4.72. The van der Waals surface area contributed by atoms with Crippen molar-refractivity contribution in [2.45, 2.75) is 290 Å². The second-order valence-electron chi connectivity index (χ2n) is 23.2. The van der Waals surface area contributed by atoms with Crippen LogP contribution in [0.4, 0.5) is 0 Å². The van der Waals surface area contributed by atoms with Crippen LogP contribution in [0.2, 0.25) is 0 Å². The van der Waals surface area contributed by atoms with Gasteiger partial charge in [-0.25, -0.2) is 0 Å². The quantitative estimate of drug-likeness (QED) is 0.0212. The van der Waals surface area contributed by atoms with E-state index in [9.17, 15) is 19.0 Å². The number of amides is 1. The number of carbonyl (C=O) groups excluding carboxylic acids is 2. The van der Waals surface area contributed by atoms with E-state index in [1.807, 2.05) is 33.3 Å². The third-order valence-electron chi connectivity index (χ3n) is 14.2. The molecule has 0 heterocycles. The van der Waals surface area contributed by atoms with Gasteiger partial charge in [0.1, 0.15) is 19.3 Å². The van der Waals surface area contributed by atoms with Gasteiger partial charge in [-0.1, -0.05) is 265 Å². The number of nitrogens with zero attached hydrogens (tertiary/aromatic N) is 1. The van der Waals surface area contributed by atoms with Crippen LogP contribution in [0.5, 0.6) is 0 Å². The number of hydrogen-bond acceptors (Lipinski definition) is 7. The zero-order valence-corrected chi connectivity index (χ0v) is 54.1. The Balaban J connectivity index is 5.10. The predicted octanol–water partition coefficient (Wildman–Crippen LogP) is 20.3. The van der Waals surface area contributed by atoms with Crippen molar-refractivity contribution >= 4 is 19.7 Å². The number of ether oxygens (including phenoxy) is 1. The van der Waals surface area contributed by atoms with Crippen LogP contribution in [0.15, 0.2) is 109 Å². The largest absolute Gasteiger partial charge is 0.756 e. The van der Waals surface area contributed by atoms with Crippen molar-refractivity contribution in [3.05, 3.63) is 109 Å². The van der Waals surface area contributed by atoms with Crippen molar-refractivity contribution in [3.8, 4) is 0 Å². The van der Waals surface area contributed by atoms with Crippen LogP contribution in [0.25, 0.3) is 0 Å². The number of nitrogens with one attached hydrogen (secondary N) is 1. The van der Waals surface area contributed by atoms with Gasteiger partial charge in [0.25, 0.3) is 7.82 Å². The summed E-state index contributed by atoms with van der Waals surface area (Å²) in [6.45, 7) is 6.65. The maximum Gasteiger partial charge on any atom is 0.306 e. The van der Waals surface area contributed by atoms with E-state index in [1.165, 1.54) is 148 Å². The molecule has 0 saturated heterocycles. The summed E-state index contributed by atoms with van der Waals surface area (Å²) in [6.07, 6.45) is 82.3. The van der Waals surface area contributed by atoms with Gasteiger partial charge in [-0.3, -0.25) is 14.2 Å². The highest BCUT2D eigenvalue weighted by molar-refractivity contribution is 7.45. The van der Waals surface area contributed by atoms with E-state index >= 15 is 0 Å². The Hall–Kier alpha value is -3.33. The lowest BCUT2D eigenvalue weighted by atomic mass is 10.0. The minimum absolute atomic E-state index is 0.0374. The number of rotatable bonds is 59. The summed E-state index contributed by atoms with van der Waals surface area (Å²) in [5.74, 6) is -0.612. The molecule has 3 unspecified atom stereocenters. The second-order valence-corrected chi connectivity index (χ2v) is 24.6. The van der Waals surface area contributed by atoms with Gasteiger partial charge in [0, 0.05) is 12.8 Å². The molecule has 0 radical (unpaired) electrons. The molecule has 0 aromatic rings. The zero-order chi connectivity index (χ0) is 59.3. The lowest BCUT2D eigenvalue weighted by Gasteiger charge is -2.30. The lowest BCUT2D eigenvalue weighted by molar-refractivity contribution is -0.870. The molecule has 466 valence electrons. The summed E-state index contributed by atoms with van der Waals surface area (Å²) in [4.78, 5) is 40.0. The standard InChI is InChI=1S/C71H125N2O7P/c1-7-10-13-16-19-22-25-27-29-31-32-33-34-35-36-37-38-39-40-42-44-46-49-52-55-58-61-64-71(75)80-69(62-59-56-53-50-47-24-21-18-15-12-9-3)68(67-79-81(76,77)78-66-65-73(4,5)6)72-70(74)63-60-57-54-51-48-45-43-41-30-28-26-23-20-17-14-11-8-2/h11,14,19-20,22-23,27-30,32-33,43,45,51,54,59,62,68-69H,7-10,12-13,15-18,21,24-26,31,34-42,44,46-50,52-53,55-58,60-61,63-67H2,1-6H3,(H-,72,74,76,77)/b14-11-,22-19-,23-20-,29-27-,30-28-,33-32-,45-43-,54-51-,62-59-. The summed E-state index contributed by atoms with van der Waals surface area (Å²) in [6, 6.07) is -0.924. The van der Waals surface area contributed by atoms with E-state index < -0.39 is 26.6 Å². The molecule has 0 aromatic heterocycles. The smallest absolute Gasteiger partial charge is 0.306 e. The number of quaternary nitrogens is 1. The fourth-order valence-electron chi connectivity index (χ4n) is 9.09. The molecule has 3 atom stereocenters. The Morgan fingerprint density at radius 3 is 1.23 bits per heavy atom. The number of hydrogen-bond donors (Lipinski definition) is 1. The molecule has 1 amide bonds. The number of phosphoric ester groups is 1. The highest BCUT2D eigenvalue weighted by Gasteiger charge is 2.27. The van der Waals surface area contributed by atoms with Crippen molar-refractivity contribution < 1.29 is 37.3 Å². The number of likely N-dealkylation sites (N-methyl/N-ethyl adjacent to an activating group) is 1. The molecule has 1 N–H and O–H groups in total. The Labute approximate surface area is 500 Å². The van der Waals surface area contributed by atoms with Crippen molar-refractivity contribution in [3.63, 3.8) is 0 Å². The van der Waals surface area contributed by atoms with Crippen molar-refractivity contribution in [1.29, 1.82) is 0 Å². The van der Waals surface area contributed by atoms with Gasteiger partial charge in [0.15, 0.2) is 0 Å². The van der Waals surface area contributed by atoms with Gasteiger partial charge in [0.2, 0.25) is 5.91 Å². The van der Waals surface area contributed by atoms with Gasteiger partial charge < -0.3 is 28.5 Å². The molecule has 0 aliphatic heterocycles. The highest BCUT2D eigenvalue weighted by Crippen LogP contribution is 2.38. The van der Waals surface area contributed by atoms with Crippen LogP contribution in [0.3, 0.4) is 0 Å². The fraction of sp³-hybridized carbons (Fsp3) is 0.718. The normalized spacial score (nSPS) is 14.3.